The summed E-state index contributed by atoms with van der Waals surface area (Å²) >= 11 is 0. The third-order valence-electron chi connectivity index (χ3n) is 12.1. The number of benzene rings is 2. The Morgan fingerprint density at radius 1 is 0.934 bits per heavy atom. The van der Waals surface area contributed by atoms with E-state index in [2.05, 4.69) is 5.32 Å². The molecule has 16 nitrogen and oxygen atoms in total. The minimum absolute atomic E-state index is 0.0651. The summed E-state index contributed by atoms with van der Waals surface area (Å²) in [7, 11) is 1.44. The third kappa shape index (κ3) is 9.37. The fraction of sp³-hybridized carbons (Fsp3) is 0.556. The number of hydrogen-bond donors (Lipinski definition) is 5. The standard InChI is InChI=1S/C45H60N2O14/c1-21-13-12-14-22(2)44(55)46-30-17-32(58-20-33(49)47-23(3)18-57-19-24(47)4)34-35(40(30)53)39(52)28(8)42-36(34)43(54)45(10,61-42)59-16-15-31(56-11)25(5)41(60-29(9)48)27(7)38(51)26(6)37(21)50/h12-17,21,23-27,31,37-38,41,50-53H,18-20H2,1-11H3,(H,46,55)/b13-12+,16-15+,22-14+. The Kier molecular flexibility index (Phi) is 14.5. The molecule has 1 fully saturated rings. The van der Waals surface area contributed by atoms with Crippen molar-refractivity contribution in [2.75, 3.05) is 32.2 Å². The molecule has 0 aliphatic carbocycles. The third-order valence-corrected chi connectivity index (χ3v) is 12.1. The monoisotopic (exact) mass is 852 g/mol. The summed E-state index contributed by atoms with van der Waals surface area (Å²) in [4.78, 5) is 55.8. The topological polar surface area (TPSA) is 220 Å². The largest absolute Gasteiger partial charge is 0.507 e. The molecule has 2 amide bonds. The Labute approximate surface area is 356 Å². The van der Waals surface area contributed by atoms with E-state index in [-0.39, 0.29) is 62.6 Å². The van der Waals surface area contributed by atoms with Crippen molar-refractivity contribution in [3.8, 4) is 23.0 Å². The molecule has 0 spiro atoms. The molecular weight excluding hydrogens is 792 g/mol. The molecule has 6 rings (SSSR count). The predicted molar refractivity (Wildman–Crippen MR) is 224 cm³/mol. The van der Waals surface area contributed by atoms with Gasteiger partial charge in [0.05, 0.1) is 66.5 Å². The molecule has 11 atom stereocenters. The number of methoxy groups -OCH3 is 1. The van der Waals surface area contributed by atoms with Crippen molar-refractivity contribution in [2.24, 2.45) is 23.7 Å². The maximum Gasteiger partial charge on any atom is 0.312 e. The van der Waals surface area contributed by atoms with Gasteiger partial charge in [-0.1, -0.05) is 45.9 Å². The van der Waals surface area contributed by atoms with Gasteiger partial charge in [0.2, 0.25) is 0 Å². The molecular formula is C45H60N2O14. The highest BCUT2D eigenvalue weighted by molar-refractivity contribution is 6.21. The number of anilines is 1. The average molecular weight is 853 g/mol. The SMILES string of the molecule is COC1/C=C/OC2(C)Oc3c(C)c(O)c4c(O)c(cc(OCC(=O)N5C(C)COCC5C)c4c3C2=O)NC(=O)/C(C)=C/C=C/C(C)C(O)C(C)C(O)C(C)C(OC(C)=O)C1C. The van der Waals surface area contributed by atoms with Crippen molar-refractivity contribution in [3.05, 3.63) is 53.3 Å². The van der Waals surface area contributed by atoms with Crippen LogP contribution in [-0.2, 0) is 33.3 Å². The number of ketones is 1. The first-order valence-electron chi connectivity index (χ1n) is 20.5. The summed E-state index contributed by atoms with van der Waals surface area (Å²) in [6.45, 7) is 16.4. The zero-order chi connectivity index (χ0) is 45.2. The van der Waals surface area contributed by atoms with Crippen molar-refractivity contribution in [3.63, 3.8) is 0 Å². The Morgan fingerprint density at radius 2 is 1.59 bits per heavy atom. The van der Waals surface area contributed by atoms with Gasteiger partial charge in [-0.15, -0.1) is 0 Å². The van der Waals surface area contributed by atoms with E-state index in [9.17, 15) is 39.6 Å². The van der Waals surface area contributed by atoms with Crippen LogP contribution in [0.1, 0.15) is 78.2 Å². The number of fused-ring (bicyclic) bond motifs is 14. The van der Waals surface area contributed by atoms with Crippen molar-refractivity contribution < 1.29 is 68.0 Å². The second-order valence-electron chi connectivity index (χ2n) is 16.7. The Bertz CT molecular complexity index is 2100. The van der Waals surface area contributed by atoms with Crippen molar-refractivity contribution in [2.45, 2.75) is 112 Å². The number of aliphatic hydroxyl groups is 2. The molecule has 0 aromatic heterocycles. The minimum atomic E-state index is -2.04. The van der Waals surface area contributed by atoms with Gasteiger partial charge in [0.1, 0.15) is 23.4 Å². The number of phenolic OH excluding ortho intramolecular Hbond substituents is 2. The summed E-state index contributed by atoms with van der Waals surface area (Å²) in [6.07, 6.45) is 3.57. The lowest BCUT2D eigenvalue weighted by Gasteiger charge is -2.38. The van der Waals surface area contributed by atoms with Gasteiger partial charge in [0.15, 0.2) is 12.4 Å². The highest BCUT2D eigenvalue weighted by Crippen LogP contribution is 2.54. The lowest BCUT2D eigenvalue weighted by atomic mass is 9.78. The number of phenols is 2. The van der Waals surface area contributed by atoms with Gasteiger partial charge in [-0.25, -0.2) is 0 Å². The Morgan fingerprint density at radius 3 is 2.21 bits per heavy atom. The van der Waals surface area contributed by atoms with E-state index in [4.69, 9.17) is 28.4 Å². The number of Topliss-reactive ketones (excluding diaryl/α,β-unsaturated/α-hetero) is 1. The molecule has 0 radical (unpaired) electrons. The van der Waals surface area contributed by atoms with Crippen LogP contribution >= 0.6 is 0 Å². The van der Waals surface area contributed by atoms with Gasteiger partial charge in [0, 0.05) is 67.2 Å². The number of hydrogen-bond acceptors (Lipinski definition) is 14. The van der Waals surface area contributed by atoms with E-state index in [0.717, 1.165) is 0 Å². The molecule has 334 valence electrons. The maximum atomic E-state index is 14.6. The molecule has 16 heteroatoms. The molecule has 4 aliphatic heterocycles. The first-order chi connectivity index (χ1) is 28.6. The van der Waals surface area contributed by atoms with Crippen LogP contribution in [0.15, 0.2) is 42.2 Å². The van der Waals surface area contributed by atoms with E-state index in [0.29, 0.717) is 13.2 Å². The lowest BCUT2D eigenvalue weighted by Crippen LogP contribution is -2.53. The molecule has 2 aromatic rings. The van der Waals surface area contributed by atoms with E-state index in [1.165, 1.54) is 59.3 Å². The van der Waals surface area contributed by atoms with Crippen LogP contribution in [0, 0.1) is 30.6 Å². The molecule has 5 bridgehead atoms. The number of nitrogens with zero attached hydrogens (tertiary/aromatic N) is 1. The number of ether oxygens (including phenoxy) is 6. The second kappa shape index (κ2) is 18.8. The number of rotatable bonds is 5. The van der Waals surface area contributed by atoms with Crippen LogP contribution in [0.5, 0.6) is 23.0 Å². The molecule has 11 unspecified atom stereocenters. The Balaban J connectivity index is 1.67. The van der Waals surface area contributed by atoms with Crippen LogP contribution in [0.25, 0.3) is 10.8 Å². The number of aliphatic hydroxyl groups excluding tert-OH is 2. The van der Waals surface area contributed by atoms with E-state index in [1.807, 2.05) is 13.8 Å². The van der Waals surface area contributed by atoms with Crippen molar-refractivity contribution >= 4 is 40.0 Å². The smallest absolute Gasteiger partial charge is 0.312 e. The number of amides is 2. The van der Waals surface area contributed by atoms with Crippen LogP contribution in [0.3, 0.4) is 0 Å². The number of carbonyl (C=O) groups excluding carboxylic acids is 4. The van der Waals surface area contributed by atoms with Crippen LogP contribution in [-0.4, -0.2) is 118 Å². The fourth-order valence-corrected chi connectivity index (χ4v) is 8.46. The van der Waals surface area contributed by atoms with Gasteiger partial charge in [-0.3, -0.25) is 19.2 Å². The van der Waals surface area contributed by atoms with Crippen molar-refractivity contribution in [1.29, 1.82) is 0 Å². The summed E-state index contributed by atoms with van der Waals surface area (Å²) in [5.41, 5.74) is -0.0390. The quantitative estimate of drug-likeness (QED) is 0.196. The van der Waals surface area contributed by atoms with Crippen LogP contribution in [0.4, 0.5) is 5.69 Å². The van der Waals surface area contributed by atoms with Gasteiger partial charge < -0.3 is 59.1 Å². The molecule has 1 saturated heterocycles. The number of esters is 1. The molecule has 4 heterocycles. The van der Waals surface area contributed by atoms with Crippen LogP contribution in [0.2, 0.25) is 0 Å². The first kappa shape index (κ1) is 46.9. The van der Waals surface area contributed by atoms with Gasteiger partial charge in [-0.05, 0) is 33.8 Å². The normalized spacial score (nSPS) is 33.3. The number of morpholine rings is 1. The predicted octanol–water partition coefficient (Wildman–Crippen LogP) is 5.06. The Hall–Kier alpha value is -5.16. The maximum absolute atomic E-state index is 14.6. The zero-order valence-electron chi connectivity index (χ0n) is 36.7. The van der Waals surface area contributed by atoms with E-state index >= 15 is 0 Å². The molecule has 61 heavy (non-hydrogen) atoms. The first-order valence-corrected chi connectivity index (χ1v) is 20.5. The van der Waals surface area contributed by atoms with Gasteiger partial charge >= 0.3 is 11.8 Å². The summed E-state index contributed by atoms with van der Waals surface area (Å²) in [5, 5.41) is 48.6. The van der Waals surface area contributed by atoms with Crippen LogP contribution < -0.4 is 14.8 Å². The van der Waals surface area contributed by atoms with Crippen molar-refractivity contribution in [1.82, 2.24) is 4.90 Å². The van der Waals surface area contributed by atoms with Gasteiger partial charge in [-0.2, -0.15) is 0 Å². The molecule has 4 aliphatic rings. The molecule has 0 saturated carbocycles. The van der Waals surface area contributed by atoms with E-state index < -0.39 is 89.6 Å². The average Bonchev–Trinajstić information content (AvgIpc) is 3.47. The lowest BCUT2D eigenvalue weighted by molar-refractivity contribution is -0.160. The highest BCUT2D eigenvalue weighted by atomic mass is 16.7. The summed E-state index contributed by atoms with van der Waals surface area (Å²) in [6, 6.07) is 0.756. The summed E-state index contributed by atoms with van der Waals surface area (Å²) in [5.74, 6) is -8.12. The van der Waals surface area contributed by atoms with Gasteiger partial charge in [0.25, 0.3) is 17.6 Å². The number of carbonyl (C=O) groups is 4. The molecule has 5 N–H and O–H groups in total. The molecule has 2 aromatic carbocycles. The number of nitrogens with one attached hydrogen (secondary N) is 1. The van der Waals surface area contributed by atoms with E-state index in [1.54, 1.807) is 44.7 Å². The zero-order valence-corrected chi connectivity index (χ0v) is 36.7. The highest BCUT2D eigenvalue weighted by Gasteiger charge is 2.50. The number of allylic oxidation sites excluding steroid dienone is 2. The minimum Gasteiger partial charge on any atom is -0.507 e. The fourth-order valence-electron chi connectivity index (χ4n) is 8.46. The summed E-state index contributed by atoms with van der Waals surface area (Å²) < 4.78 is 35.5. The number of aromatic hydroxyl groups is 2. The second-order valence-corrected chi connectivity index (χ2v) is 16.7.